The molecule has 24 heavy (non-hydrogen) atoms. The summed E-state index contributed by atoms with van der Waals surface area (Å²) in [6, 6.07) is 7.73. The number of fused-ring (bicyclic) bond motifs is 1. The van der Waals surface area contributed by atoms with E-state index in [1.165, 1.54) is 0 Å². The summed E-state index contributed by atoms with van der Waals surface area (Å²) in [6.07, 6.45) is 1.96. The Labute approximate surface area is 140 Å². The normalized spacial score (nSPS) is 14.9. The second kappa shape index (κ2) is 6.86. The zero-order valence-corrected chi connectivity index (χ0v) is 13.7. The largest absolute Gasteiger partial charge is 0.342 e. The molecule has 0 saturated carbocycles. The predicted octanol–water partition coefficient (Wildman–Crippen LogP) is 1.07. The van der Waals surface area contributed by atoms with Crippen molar-refractivity contribution in [2.45, 2.75) is 19.8 Å². The van der Waals surface area contributed by atoms with E-state index in [1.807, 2.05) is 29.2 Å². The molecule has 1 aliphatic rings. The topological polar surface area (TPSA) is 73.5 Å². The SMILES string of the molecule is Cc1cc2cc(CCC(=O)N3CCN(C=O)CC3)ccc2[nH]c1=O. The molecule has 1 saturated heterocycles. The Morgan fingerprint density at radius 3 is 2.67 bits per heavy atom. The Balaban J connectivity index is 1.63. The lowest BCUT2D eigenvalue weighted by atomic mass is 10.0. The van der Waals surface area contributed by atoms with Gasteiger partial charge >= 0.3 is 0 Å². The zero-order chi connectivity index (χ0) is 17.1. The van der Waals surface area contributed by atoms with Crippen LogP contribution in [0, 0.1) is 6.92 Å². The highest BCUT2D eigenvalue weighted by atomic mass is 16.2. The van der Waals surface area contributed by atoms with Crippen molar-refractivity contribution in [1.82, 2.24) is 14.8 Å². The van der Waals surface area contributed by atoms with Crippen molar-refractivity contribution in [3.63, 3.8) is 0 Å². The van der Waals surface area contributed by atoms with Gasteiger partial charge in [0.2, 0.25) is 12.3 Å². The third-order valence-electron chi connectivity index (χ3n) is 4.54. The molecule has 2 amide bonds. The van der Waals surface area contributed by atoms with Crippen LogP contribution in [0.25, 0.3) is 10.9 Å². The Morgan fingerprint density at radius 1 is 1.21 bits per heavy atom. The molecule has 0 radical (unpaired) electrons. The van der Waals surface area contributed by atoms with E-state index >= 15 is 0 Å². The summed E-state index contributed by atoms with van der Waals surface area (Å²) in [5.74, 6) is 0.123. The van der Waals surface area contributed by atoms with Gasteiger partial charge in [-0.2, -0.15) is 0 Å². The van der Waals surface area contributed by atoms with Crippen LogP contribution >= 0.6 is 0 Å². The summed E-state index contributed by atoms with van der Waals surface area (Å²) < 4.78 is 0. The number of pyridine rings is 1. The average molecular weight is 327 g/mol. The number of carbonyl (C=O) groups is 2. The lowest BCUT2D eigenvalue weighted by Gasteiger charge is -2.32. The number of nitrogens with zero attached hydrogens (tertiary/aromatic N) is 2. The van der Waals surface area contributed by atoms with Gasteiger partial charge < -0.3 is 14.8 Å². The molecule has 0 aliphatic carbocycles. The van der Waals surface area contributed by atoms with E-state index in [1.54, 1.807) is 11.8 Å². The number of aromatic nitrogens is 1. The average Bonchev–Trinajstić information content (AvgIpc) is 2.60. The summed E-state index contributed by atoms with van der Waals surface area (Å²) in [4.78, 5) is 41.0. The molecule has 1 aromatic heterocycles. The van der Waals surface area contributed by atoms with Gasteiger partial charge in [-0.25, -0.2) is 0 Å². The first-order valence-electron chi connectivity index (χ1n) is 8.16. The van der Waals surface area contributed by atoms with Gasteiger partial charge in [-0.15, -0.1) is 0 Å². The molecular formula is C18H21N3O3. The van der Waals surface area contributed by atoms with Gasteiger partial charge in [-0.05, 0) is 42.5 Å². The smallest absolute Gasteiger partial charge is 0.251 e. The Morgan fingerprint density at radius 2 is 1.96 bits per heavy atom. The molecule has 1 aliphatic heterocycles. The van der Waals surface area contributed by atoms with E-state index in [0.29, 0.717) is 44.6 Å². The third-order valence-corrected chi connectivity index (χ3v) is 4.54. The summed E-state index contributed by atoms with van der Waals surface area (Å²) in [5.41, 5.74) is 2.50. The van der Waals surface area contributed by atoms with Gasteiger partial charge in [0.1, 0.15) is 0 Å². The van der Waals surface area contributed by atoms with Gasteiger partial charge in [0.15, 0.2) is 0 Å². The summed E-state index contributed by atoms with van der Waals surface area (Å²) in [6.45, 7) is 4.22. The zero-order valence-electron chi connectivity index (χ0n) is 13.7. The first kappa shape index (κ1) is 16.2. The number of nitrogens with one attached hydrogen (secondary N) is 1. The Hall–Kier alpha value is -2.63. The maximum Gasteiger partial charge on any atom is 0.251 e. The van der Waals surface area contributed by atoms with Crippen LogP contribution in [-0.2, 0) is 16.0 Å². The van der Waals surface area contributed by atoms with Gasteiger partial charge in [-0.1, -0.05) is 6.07 Å². The van der Waals surface area contributed by atoms with E-state index in [4.69, 9.17) is 0 Å². The fourth-order valence-electron chi connectivity index (χ4n) is 3.01. The van der Waals surface area contributed by atoms with Crippen molar-refractivity contribution in [2.24, 2.45) is 0 Å². The maximum absolute atomic E-state index is 12.3. The van der Waals surface area contributed by atoms with Crippen LogP contribution in [0.1, 0.15) is 17.5 Å². The van der Waals surface area contributed by atoms with E-state index < -0.39 is 0 Å². The number of benzene rings is 1. The molecule has 0 bridgehead atoms. The number of aromatic amines is 1. The molecule has 3 rings (SSSR count). The van der Waals surface area contributed by atoms with E-state index in [9.17, 15) is 14.4 Å². The fourth-order valence-corrected chi connectivity index (χ4v) is 3.01. The molecule has 0 unspecified atom stereocenters. The maximum atomic E-state index is 12.3. The van der Waals surface area contributed by atoms with Gasteiger partial charge in [0, 0.05) is 43.7 Å². The lowest BCUT2D eigenvalue weighted by molar-refractivity contribution is -0.135. The number of rotatable bonds is 4. The van der Waals surface area contributed by atoms with Crippen LogP contribution in [-0.4, -0.2) is 53.3 Å². The van der Waals surface area contributed by atoms with Gasteiger partial charge in [0.25, 0.3) is 5.56 Å². The molecule has 1 N–H and O–H groups in total. The number of hydrogen-bond acceptors (Lipinski definition) is 3. The molecule has 6 nitrogen and oxygen atoms in total. The van der Waals surface area contributed by atoms with Crippen LogP contribution in [0.4, 0.5) is 0 Å². The molecular weight excluding hydrogens is 306 g/mol. The molecule has 0 atom stereocenters. The van der Waals surface area contributed by atoms with E-state index in [2.05, 4.69) is 4.98 Å². The van der Waals surface area contributed by atoms with E-state index in [-0.39, 0.29) is 11.5 Å². The first-order valence-corrected chi connectivity index (χ1v) is 8.16. The highest BCUT2D eigenvalue weighted by Crippen LogP contribution is 2.15. The van der Waals surface area contributed by atoms with Crippen LogP contribution in [0.3, 0.4) is 0 Å². The third kappa shape index (κ3) is 3.48. The predicted molar refractivity (Wildman–Crippen MR) is 91.8 cm³/mol. The fraction of sp³-hybridized carbons (Fsp3) is 0.389. The second-order valence-electron chi connectivity index (χ2n) is 6.23. The van der Waals surface area contributed by atoms with Crippen molar-refractivity contribution in [1.29, 1.82) is 0 Å². The Kier molecular flexibility index (Phi) is 4.64. The van der Waals surface area contributed by atoms with Crippen LogP contribution in [0.2, 0.25) is 0 Å². The minimum atomic E-state index is -0.0695. The van der Waals surface area contributed by atoms with E-state index in [0.717, 1.165) is 22.9 Å². The molecule has 6 heteroatoms. The number of aryl methyl sites for hydroxylation is 2. The molecule has 2 aromatic rings. The molecule has 1 aromatic carbocycles. The van der Waals surface area contributed by atoms with Crippen molar-refractivity contribution in [3.8, 4) is 0 Å². The van der Waals surface area contributed by atoms with Crippen molar-refractivity contribution >= 4 is 23.2 Å². The summed E-state index contributed by atoms with van der Waals surface area (Å²) >= 11 is 0. The highest BCUT2D eigenvalue weighted by Gasteiger charge is 2.19. The van der Waals surface area contributed by atoms with Crippen molar-refractivity contribution in [3.05, 3.63) is 45.7 Å². The lowest BCUT2D eigenvalue weighted by Crippen LogP contribution is -2.48. The molecule has 2 heterocycles. The van der Waals surface area contributed by atoms with Gasteiger partial charge in [-0.3, -0.25) is 14.4 Å². The second-order valence-corrected chi connectivity index (χ2v) is 6.23. The standard InChI is InChI=1S/C18H21N3O3/c1-13-10-15-11-14(2-4-16(15)19-18(13)24)3-5-17(23)21-8-6-20(12-22)7-9-21/h2,4,10-12H,3,5-9H2,1H3,(H,19,24). The molecule has 0 spiro atoms. The van der Waals surface area contributed by atoms with Crippen LogP contribution < -0.4 is 5.56 Å². The minimum absolute atomic E-state index is 0.0695. The molecule has 1 fully saturated rings. The summed E-state index contributed by atoms with van der Waals surface area (Å²) in [7, 11) is 0. The number of H-pyrrole nitrogens is 1. The Bertz CT molecular complexity index is 820. The number of piperazine rings is 1. The summed E-state index contributed by atoms with van der Waals surface area (Å²) in [5, 5.41) is 0.983. The first-order chi connectivity index (χ1) is 11.6. The van der Waals surface area contributed by atoms with Crippen molar-refractivity contribution in [2.75, 3.05) is 26.2 Å². The number of carbonyl (C=O) groups excluding carboxylic acids is 2. The van der Waals surface area contributed by atoms with Crippen molar-refractivity contribution < 1.29 is 9.59 Å². The highest BCUT2D eigenvalue weighted by molar-refractivity contribution is 5.80. The molecule has 126 valence electrons. The van der Waals surface area contributed by atoms with Gasteiger partial charge in [0.05, 0.1) is 0 Å². The minimum Gasteiger partial charge on any atom is -0.342 e. The number of amides is 2. The monoisotopic (exact) mass is 327 g/mol. The number of hydrogen-bond donors (Lipinski definition) is 1. The van der Waals surface area contributed by atoms with Crippen LogP contribution in [0.5, 0.6) is 0 Å². The quantitative estimate of drug-likeness (QED) is 0.854. The van der Waals surface area contributed by atoms with Crippen LogP contribution in [0.15, 0.2) is 29.1 Å².